The summed E-state index contributed by atoms with van der Waals surface area (Å²) >= 11 is 0. The van der Waals surface area contributed by atoms with Crippen LogP contribution < -0.4 is 5.56 Å². The SMILES string of the molecule is CCN(C(=O)c1cnc2c(O)cccn2c1=O)C1CCS(=O)(=O)C1. The second kappa shape index (κ2) is 5.90. The van der Waals surface area contributed by atoms with E-state index in [0.717, 1.165) is 10.6 Å². The van der Waals surface area contributed by atoms with Crippen LogP contribution in [0, 0.1) is 0 Å². The monoisotopic (exact) mass is 351 g/mol. The summed E-state index contributed by atoms with van der Waals surface area (Å²) in [5.74, 6) is -0.752. The van der Waals surface area contributed by atoms with E-state index in [1.807, 2.05) is 0 Å². The van der Waals surface area contributed by atoms with Gasteiger partial charge in [0.05, 0.1) is 11.5 Å². The fourth-order valence-electron chi connectivity index (χ4n) is 2.98. The zero-order valence-electron chi connectivity index (χ0n) is 13.0. The van der Waals surface area contributed by atoms with Crippen molar-refractivity contribution in [2.75, 3.05) is 18.1 Å². The van der Waals surface area contributed by atoms with Gasteiger partial charge in [0.2, 0.25) is 0 Å². The van der Waals surface area contributed by atoms with E-state index in [2.05, 4.69) is 4.98 Å². The molecule has 0 bridgehead atoms. The Morgan fingerprint density at radius 2 is 2.25 bits per heavy atom. The summed E-state index contributed by atoms with van der Waals surface area (Å²) in [7, 11) is -3.14. The van der Waals surface area contributed by atoms with Gasteiger partial charge in [0.1, 0.15) is 5.56 Å². The number of amides is 1. The third-order valence-corrected chi connectivity index (χ3v) is 5.94. The number of carbonyl (C=O) groups is 1. The quantitative estimate of drug-likeness (QED) is 0.837. The van der Waals surface area contributed by atoms with Crippen molar-refractivity contribution in [2.45, 2.75) is 19.4 Å². The molecular weight excluding hydrogens is 334 g/mol. The Labute approximate surface area is 138 Å². The zero-order chi connectivity index (χ0) is 17.5. The predicted octanol–water partition coefficient (Wildman–Crippen LogP) is 0.0493. The lowest BCUT2D eigenvalue weighted by atomic mass is 10.2. The largest absolute Gasteiger partial charge is 0.504 e. The lowest BCUT2D eigenvalue weighted by Gasteiger charge is -2.26. The Balaban J connectivity index is 2.02. The van der Waals surface area contributed by atoms with Crippen LogP contribution in [0.1, 0.15) is 23.7 Å². The molecule has 2 aromatic rings. The highest BCUT2D eigenvalue weighted by Gasteiger charge is 2.35. The molecule has 1 N–H and O–H groups in total. The third-order valence-electron chi connectivity index (χ3n) is 4.19. The van der Waals surface area contributed by atoms with Gasteiger partial charge in [0.25, 0.3) is 11.5 Å². The molecule has 0 aliphatic carbocycles. The molecule has 1 aliphatic heterocycles. The minimum Gasteiger partial charge on any atom is -0.504 e. The molecule has 1 amide bonds. The molecule has 1 aliphatic rings. The van der Waals surface area contributed by atoms with Crippen molar-refractivity contribution >= 4 is 21.4 Å². The Hall–Kier alpha value is -2.42. The highest BCUT2D eigenvalue weighted by atomic mass is 32.2. The highest BCUT2D eigenvalue weighted by Crippen LogP contribution is 2.19. The van der Waals surface area contributed by atoms with E-state index < -0.39 is 27.3 Å². The normalized spacial score (nSPS) is 19.5. The van der Waals surface area contributed by atoms with Crippen molar-refractivity contribution < 1.29 is 18.3 Å². The van der Waals surface area contributed by atoms with E-state index in [4.69, 9.17) is 0 Å². The van der Waals surface area contributed by atoms with Crippen molar-refractivity contribution in [3.05, 3.63) is 40.4 Å². The summed E-state index contributed by atoms with van der Waals surface area (Å²) in [6.45, 7) is 2.03. The smallest absolute Gasteiger partial charge is 0.270 e. The molecule has 0 saturated carbocycles. The molecule has 1 unspecified atom stereocenters. The number of rotatable bonds is 3. The van der Waals surface area contributed by atoms with Crippen molar-refractivity contribution in [3.63, 3.8) is 0 Å². The van der Waals surface area contributed by atoms with Gasteiger partial charge in [-0.25, -0.2) is 13.4 Å². The van der Waals surface area contributed by atoms with Crippen molar-refractivity contribution in [1.82, 2.24) is 14.3 Å². The molecule has 9 heteroatoms. The van der Waals surface area contributed by atoms with Gasteiger partial charge in [-0.2, -0.15) is 0 Å². The number of sulfone groups is 1. The number of carbonyl (C=O) groups excluding carboxylic acids is 1. The standard InChI is InChI=1S/C15H17N3O5S/c1-2-17(10-5-7-24(22,23)9-10)14(20)11-8-16-13-12(19)4-3-6-18(13)15(11)21/h3-4,6,8,10,19H,2,5,7,9H2,1H3. The van der Waals surface area contributed by atoms with Crippen molar-refractivity contribution in [1.29, 1.82) is 0 Å². The summed E-state index contributed by atoms with van der Waals surface area (Å²) in [5.41, 5.74) is -0.685. The van der Waals surface area contributed by atoms with Crippen LogP contribution in [0.5, 0.6) is 5.75 Å². The minimum absolute atomic E-state index is 0.0459. The lowest BCUT2D eigenvalue weighted by molar-refractivity contribution is 0.0706. The highest BCUT2D eigenvalue weighted by molar-refractivity contribution is 7.91. The Bertz CT molecular complexity index is 967. The fourth-order valence-corrected chi connectivity index (χ4v) is 4.71. The molecule has 0 spiro atoms. The molecule has 0 aromatic carbocycles. The molecule has 2 aromatic heterocycles. The summed E-state index contributed by atoms with van der Waals surface area (Å²) in [6, 6.07) is 2.43. The van der Waals surface area contributed by atoms with Crippen molar-refractivity contribution in [2.24, 2.45) is 0 Å². The first kappa shape index (κ1) is 16.4. The summed E-state index contributed by atoms with van der Waals surface area (Å²) in [4.78, 5) is 30.7. The molecule has 24 heavy (non-hydrogen) atoms. The topological polar surface area (TPSA) is 109 Å². The number of hydrogen-bond donors (Lipinski definition) is 1. The maximum absolute atomic E-state index is 12.7. The fraction of sp³-hybridized carbons (Fsp3) is 0.400. The maximum Gasteiger partial charge on any atom is 0.270 e. The van der Waals surface area contributed by atoms with Crippen molar-refractivity contribution in [3.8, 4) is 5.75 Å². The van der Waals surface area contributed by atoms with Crippen LogP contribution in [-0.2, 0) is 9.84 Å². The van der Waals surface area contributed by atoms with E-state index in [-0.39, 0.29) is 28.5 Å². The van der Waals surface area contributed by atoms with Gasteiger partial charge >= 0.3 is 0 Å². The average molecular weight is 351 g/mol. The van der Waals surface area contributed by atoms with Crippen LogP contribution in [0.15, 0.2) is 29.3 Å². The van der Waals surface area contributed by atoms with Crippen LogP contribution in [-0.4, -0.2) is 57.8 Å². The Morgan fingerprint density at radius 3 is 2.88 bits per heavy atom. The minimum atomic E-state index is -3.14. The molecule has 1 atom stereocenters. The first-order chi connectivity index (χ1) is 11.3. The van der Waals surface area contributed by atoms with Gasteiger partial charge in [-0.15, -0.1) is 0 Å². The maximum atomic E-state index is 12.7. The van der Waals surface area contributed by atoms with Crippen LogP contribution in [0.25, 0.3) is 5.65 Å². The molecule has 8 nitrogen and oxygen atoms in total. The molecule has 1 saturated heterocycles. The summed E-state index contributed by atoms with van der Waals surface area (Å²) in [5, 5.41) is 9.73. The average Bonchev–Trinajstić information content (AvgIpc) is 2.89. The van der Waals surface area contributed by atoms with Gasteiger partial charge in [-0.1, -0.05) is 0 Å². The van der Waals surface area contributed by atoms with Crippen LogP contribution in [0.2, 0.25) is 0 Å². The summed E-state index contributed by atoms with van der Waals surface area (Å²) in [6.07, 6.45) is 2.91. The third kappa shape index (κ3) is 2.75. The van der Waals surface area contributed by atoms with Gasteiger partial charge in [0, 0.05) is 25.0 Å². The number of aromatic hydroxyl groups is 1. The van der Waals surface area contributed by atoms with E-state index in [9.17, 15) is 23.1 Å². The Morgan fingerprint density at radius 1 is 1.50 bits per heavy atom. The molecule has 1 fully saturated rings. The number of pyridine rings is 1. The number of hydrogen-bond acceptors (Lipinski definition) is 6. The molecule has 0 radical (unpaired) electrons. The second-order valence-corrected chi connectivity index (χ2v) is 7.94. The van der Waals surface area contributed by atoms with Crippen LogP contribution >= 0.6 is 0 Å². The van der Waals surface area contributed by atoms with Crippen LogP contribution in [0.4, 0.5) is 0 Å². The number of fused-ring (bicyclic) bond motifs is 1. The van der Waals surface area contributed by atoms with E-state index >= 15 is 0 Å². The molecule has 3 rings (SSSR count). The van der Waals surface area contributed by atoms with E-state index in [0.29, 0.717) is 13.0 Å². The second-order valence-electron chi connectivity index (χ2n) is 5.71. The number of aromatic nitrogens is 2. The van der Waals surface area contributed by atoms with Gasteiger partial charge in [-0.05, 0) is 25.5 Å². The summed E-state index contributed by atoms with van der Waals surface area (Å²) < 4.78 is 24.4. The zero-order valence-corrected chi connectivity index (χ0v) is 13.9. The molecule has 3 heterocycles. The van der Waals surface area contributed by atoms with Gasteiger partial charge < -0.3 is 10.0 Å². The molecular formula is C15H17N3O5S. The Kier molecular flexibility index (Phi) is 4.04. The van der Waals surface area contributed by atoms with Crippen LogP contribution in [0.3, 0.4) is 0 Å². The lowest BCUT2D eigenvalue weighted by Crippen LogP contribution is -2.43. The predicted molar refractivity (Wildman–Crippen MR) is 86.9 cm³/mol. The van der Waals surface area contributed by atoms with Gasteiger partial charge in [-0.3, -0.25) is 14.0 Å². The van der Waals surface area contributed by atoms with Gasteiger partial charge in [0.15, 0.2) is 21.2 Å². The molecule has 128 valence electrons. The first-order valence-corrected chi connectivity index (χ1v) is 9.37. The van der Waals surface area contributed by atoms with E-state index in [1.165, 1.54) is 23.2 Å². The number of nitrogens with zero attached hydrogens (tertiary/aromatic N) is 3. The first-order valence-electron chi connectivity index (χ1n) is 7.55. The van der Waals surface area contributed by atoms with E-state index in [1.54, 1.807) is 6.92 Å².